The monoisotopic (exact) mass is 872 g/mol. The predicted molar refractivity (Wildman–Crippen MR) is 229 cm³/mol. The van der Waals surface area contributed by atoms with E-state index in [1.165, 1.54) is 0 Å². The lowest BCUT2D eigenvalue weighted by molar-refractivity contribution is -0.311. The molecule has 7 rings (SSSR count). The lowest BCUT2D eigenvalue weighted by Gasteiger charge is -2.48. The molecule has 7 aliphatic rings. The summed E-state index contributed by atoms with van der Waals surface area (Å²) in [4.78, 5) is 14.4. The van der Waals surface area contributed by atoms with Crippen LogP contribution in [-0.2, 0) is 52.2 Å². The van der Waals surface area contributed by atoms with Crippen molar-refractivity contribution in [3.63, 3.8) is 0 Å². The molecule has 14 heteroatoms. The van der Waals surface area contributed by atoms with Crippen molar-refractivity contribution >= 4 is 5.97 Å². The minimum absolute atomic E-state index is 0.0379. The van der Waals surface area contributed by atoms with Gasteiger partial charge in [0.25, 0.3) is 0 Å². The number of carbonyl (C=O) groups excluding carboxylic acids is 1. The third kappa shape index (κ3) is 9.64. The molecule has 1 unspecified atom stereocenters. The van der Waals surface area contributed by atoms with E-state index >= 15 is 0 Å². The van der Waals surface area contributed by atoms with Crippen LogP contribution in [0.1, 0.15) is 93.9 Å². The van der Waals surface area contributed by atoms with Crippen molar-refractivity contribution < 1.29 is 62.4 Å². The number of allylic oxidation sites excluding steroid dienone is 2. The summed E-state index contributed by atoms with van der Waals surface area (Å²) < 4.78 is 64.1. The second-order valence-corrected chi connectivity index (χ2v) is 19.0. The number of fused-ring (bicyclic) bond motifs is 2. The lowest BCUT2D eigenvalue weighted by Crippen LogP contribution is -2.58. The average Bonchev–Trinajstić information content (AvgIpc) is 3.58. The van der Waals surface area contributed by atoms with Crippen LogP contribution in [0.4, 0.5) is 0 Å². The highest BCUT2D eigenvalue weighted by atomic mass is 16.7. The summed E-state index contributed by atoms with van der Waals surface area (Å²) in [5.41, 5.74) is 6.48. The van der Waals surface area contributed by atoms with E-state index in [9.17, 15) is 15.0 Å². The average molecular weight is 872 g/mol. The molecule has 20 atom stereocenters. The maximum Gasteiger partial charge on any atom is 0.316 e. The third-order valence-corrected chi connectivity index (χ3v) is 14.6. The lowest BCUT2D eigenvalue weighted by atomic mass is 9.71. The number of rotatable bonds is 8. The van der Waals surface area contributed by atoms with Crippen molar-refractivity contribution in [3.8, 4) is 0 Å². The number of aliphatic hydroxyl groups excluding tert-OH is 1. The van der Waals surface area contributed by atoms with Gasteiger partial charge in [0, 0.05) is 51.7 Å². The maximum absolute atomic E-state index is 14.4. The summed E-state index contributed by atoms with van der Waals surface area (Å²) in [7, 11) is 3.32. The normalized spacial score (nSPS) is 49.1. The number of nitrogens with two attached hydrogens (primary N) is 1. The summed E-state index contributed by atoms with van der Waals surface area (Å²) in [6, 6.07) is -0.257. The highest BCUT2D eigenvalue weighted by molar-refractivity contribution is 5.78. The predicted octanol–water partition coefficient (Wildman–Crippen LogP) is 5.34. The van der Waals surface area contributed by atoms with E-state index in [1.807, 2.05) is 32.1 Å². The standard InChI is InChI=1S/C48H73NO13/c1-11-25(2)43-28(5)17-18-47(62-43)23-34-20-33(61-47)16-15-27(4)42(26(3)13-12-14-32-24-55-45-41(50)29(6)19-35(46(51)58-34)48(32,45)52)59-39-22-37(54-10)44(31(8)57-39)60-38-21-36(53-9)40(49)30(7)56-38/h12-15,17-19,25-26,28,30-31,33-45,50,52H,11,16,20-24,49H2,1-10H3/b13-12+,27-15+,32-14+/t25-,26-,28-,30-,31-,33+,34-,35-,36-,37-,38-,39-,40-,41+,42-,43+,44-,45+,47?,48+/m0/s1. The van der Waals surface area contributed by atoms with E-state index in [1.54, 1.807) is 33.3 Å². The van der Waals surface area contributed by atoms with Gasteiger partial charge in [-0.3, -0.25) is 4.79 Å². The van der Waals surface area contributed by atoms with Crippen molar-refractivity contribution in [2.45, 2.75) is 191 Å². The Balaban J connectivity index is 1.18. The molecule has 6 aliphatic heterocycles. The van der Waals surface area contributed by atoms with Gasteiger partial charge < -0.3 is 63.3 Å². The summed E-state index contributed by atoms with van der Waals surface area (Å²) >= 11 is 0. The molecule has 4 fully saturated rings. The van der Waals surface area contributed by atoms with Crippen LogP contribution in [0.5, 0.6) is 0 Å². The molecule has 14 nitrogen and oxygen atoms in total. The van der Waals surface area contributed by atoms with Gasteiger partial charge in [-0.05, 0) is 62.8 Å². The Morgan fingerprint density at radius 3 is 2.35 bits per heavy atom. The van der Waals surface area contributed by atoms with E-state index in [0.717, 1.165) is 12.0 Å². The van der Waals surface area contributed by atoms with Crippen molar-refractivity contribution in [2.24, 2.45) is 29.4 Å². The Labute approximate surface area is 368 Å². The number of aliphatic hydroxyl groups is 2. The first kappa shape index (κ1) is 47.6. The van der Waals surface area contributed by atoms with Crippen molar-refractivity contribution in [3.05, 3.63) is 59.3 Å². The van der Waals surface area contributed by atoms with E-state index < -0.39 is 72.5 Å². The highest BCUT2D eigenvalue weighted by Gasteiger charge is 2.60. The van der Waals surface area contributed by atoms with E-state index in [4.69, 9.17) is 53.1 Å². The molecule has 62 heavy (non-hydrogen) atoms. The van der Waals surface area contributed by atoms with E-state index in [2.05, 4.69) is 46.8 Å². The van der Waals surface area contributed by atoms with Crippen molar-refractivity contribution in [1.29, 1.82) is 0 Å². The van der Waals surface area contributed by atoms with Crippen LogP contribution in [0, 0.1) is 23.7 Å². The van der Waals surface area contributed by atoms with Crippen LogP contribution in [0.3, 0.4) is 0 Å². The SMILES string of the molecule is CC[C@H](C)[C@H]1OC2(C=C[C@@H]1C)C[C@@H]1C[C@@H](C/C=C(\C)[C@@H](O[C@H]3C[C@H](OC)[C@@H](O[C@H]4C[C@H](OC)[C@@H](N)[C@H](C)O4)[C@H](C)O3)[C@@H](C)/C=C/C=C3\CO[C@@H]4[C@H](O)C(C)=C[C@@H](C(=O)O1)[C@]34O)O2. The first-order valence-electron chi connectivity index (χ1n) is 22.9. The van der Waals surface area contributed by atoms with E-state index in [-0.39, 0.29) is 60.9 Å². The number of hydrogen-bond donors (Lipinski definition) is 3. The number of hydrogen-bond acceptors (Lipinski definition) is 14. The Kier molecular flexibility index (Phi) is 15.1. The smallest absolute Gasteiger partial charge is 0.316 e. The Morgan fingerprint density at radius 1 is 0.919 bits per heavy atom. The second-order valence-electron chi connectivity index (χ2n) is 19.0. The summed E-state index contributed by atoms with van der Waals surface area (Å²) in [6.45, 7) is 16.3. The van der Waals surface area contributed by atoms with Gasteiger partial charge in [-0.2, -0.15) is 0 Å². The first-order valence-corrected chi connectivity index (χ1v) is 22.9. The first-order chi connectivity index (χ1) is 29.5. The molecule has 4 saturated heterocycles. The van der Waals surface area contributed by atoms with Crippen LogP contribution in [0.15, 0.2) is 59.3 Å². The minimum Gasteiger partial charge on any atom is -0.462 e. The molecule has 0 aromatic heterocycles. The fourth-order valence-corrected chi connectivity index (χ4v) is 10.6. The zero-order valence-electron chi connectivity index (χ0n) is 38.3. The molecule has 0 saturated carbocycles. The molecule has 1 aliphatic carbocycles. The van der Waals surface area contributed by atoms with Crippen LogP contribution < -0.4 is 5.73 Å². The molecule has 6 heterocycles. The van der Waals surface area contributed by atoms with Gasteiger partial charge in [0.2, 0.25) is 0 Å². The quantitative estimate of drug-likeness (QED) is 0.211. The van der Waals surface area contributed by atoms with Gasteiger partial charge in [0.05, 0.1) is 55.4 Å². The topological polar surface area (TPSA) is 176 Å². The fraction of sp³-hybridized carbons (Fsp3) is 0.771. The zero-order valence-corrected chi connectivity index (χ0v) is 38.3. The molecule has 2 bridgehead atoms. The van der Waals surface area contributed by atoms with Crippen LogP contribution in [0.25, 0.3) is 0 Å². The molecule has 4 N–H and O–H groups in total. The number of carbonyl (C=O) groups is 1. The van der Waals surface area contributed by atoms with Gasteiger partial charge in [-0.25, -0.2) is 0 Å². The van der Waals surface area contributed by atoms with Crippen molar-refractivity contribution in [2.75, 3.05) is 20.8 Å². The summed E-state index contributed by atoms with van der Waals surface area (Å²) in [5.74, 6) is -2.53. The largest absolute Gasteiger partial charge is 0.462 e. The molecule has 0 aromatic carbocycles. The van der Waals surface area contributed by atoms with Gasteiger partial charge in [0.1, 0.15) is 35.9 Å². The molecule has 0 radical (unpaired) electrons. The molecular formula is C48H73NO13. The Morgan fingerprint density at radius 2 is 1.63 bits per heavy atom. The number of ether oxygens (including phenoxy) is 10. The molecule has 348 valence electrons. The number of methoxy groups -OCH3 is 2. The number of esters is 1. The van der Waals surface area contributed by atoms with Crippen LogP contribution in [-0.4, -0.2) is 134 Å². The van der Waals surface area contributed by atoms with Crippen molar-refractivity contribution in [1.82, 2.24) is 0 Å². The fourth-order valence-electron chi connectivity index (χ4n) is 10.6. The molecule has 0 aromatic rings. The molecular weight excluding hydrogens is 799 g/mol. The summed E-state index contributed by atoms with van der Waals surface area (Å²) in [5, 5.41) is 23.7. The third-order valence-electron chi connectivity index (χ3n) is 14.6. The Bertz CT molecular complexity index is 1730. The molecule has 0 amide bonds. The Hall–Kier alpha value is -2.31. The van der Waals surface area contributed by atoms with Gasteiger partial charge in [0.15, 0.2) is 18.4 Å². The zero-order chi connectivity index (χ0) is 44.7. The van der Waals surface area contributed by atoms with E-state index in [0.29, 0.717) is 43.3 Å². The second kappa shape index (κ2) is 19.7. The minimum atomic E-state index is -1.83. The van der Waals surface area contributed by atoms with Crippen LogP contribution in [0.2, 0.25) is 0 Å². The van der Waals surface area contributed by atoms with Gasteiger partial charge in [-0.15, -0.1) is 0 Å². The molecule has 1 spiro atoms. The highest BCUT2D eigenvalue weighted by Crippen LogP contribution is 2.47. The summed E-state index contributed by atoms with van der Waals surface area (Å²) in [6.07, 6.45) is 10.2. The van der Waals surface area contributed by atoms with Gasteiger partial charge in [-0.1, -0.05) is 70.6 Å². The van der Waals surface area contributed by atoms with Gasteiger partial charge >= 0.3 is 5.97 Å². The maximum atomic E-state index is 14.4. The van der Waals surface area contributed by atoms with Crippen LogP contribution >= 0.6 is 0 Å².